The highest BCUT2D eigenvalue weighted by Crippen LogP contribution is 2.21. The van der Waals surface area contributed by atoms with Gasteiger partial charge in [-0.1, -0.05) is 12.1 Å². The van der Waals surface area contributed by atoms with Crippen LogP contribution in [0.4, 0.5) is 10.5 Å². The van der Waals surface area contributed by atoms with E-state index in [0.717, 1.165) is 4.90 Å². The maximum absolute atomic E-state index is 12.3. The molecule has 1 saturated heterocycles. The monoisotopic (exact) mass is 347 g/mol. The quantitative estimate of drug-likeness (QED) is 0.522. The Labute approximate surface area is 144 Å². The van der Waals surface area contributed by atoms with E-state index >= 15 is 0 Å². The number of nitrogens with zero attached hydrogens (tertiary/aromatic N) is 1. The molecule has 25 heavy (non-hydrogen) atoms. The number of para-hydroxylation sites is 1. The van der Waals surface area contributed by atoms with Crippen LogP contribution in [0, 0.1) is 0 Å². The SMILES string of the molecule is CC1(C)C(=O)NC(=O)N1CC(=O)Nc1ccccc1C(=O)NCCN. The van der Waals surface area contributed by atoms with Crippen molar-refractivity contribution in [2.24, 2.45) is 5.73 Å². The highest BCUT2D eigenvalue weighted by molar-refractivity contribution is 6.09. The van der Waals surface area contributed by atoms with Gasteiger partial charge in [-0.15, -0.1) is 0 Å². The fourth-order valence-electron chi connectivity index (χ4n) is 2.37. The third kappa shape index (κ3) is 3.94. The summed E-state index contributed by atoms with van der Waals surface area (Å²) in [4.78, 5) is 49.1. The molecule has 0 radical (unpaired) electrons. The summed E-state index contributed by atoms with van der Waals surface area (Å²) in [5.41, 5.74) is 4.83. The lowest BCUT2D eigenvalue weighted by atomic mass is 10.0. The van der Waals surface area contributed by atoms with Crippen molar-refractivity contribution >= 4 is 29.4 Å². The molecule has 5 N–H and O–H groups in total. The third-order valence-electron chi connectivity index (χ3n) is 3.87. The van der Waals surface area contributed by atoms with E-state index in [1.807, 2.05) is 0 Å². The van der Waals surface area contributed by atoms with Crippen molar-refractivity contribution in [3.8, 4) is 0 Å². The highest BCUT2D eigenvalue weighted by atomic mass is 16.2. The minimum atomic E-state index is -1.12. The van der Waals surface area contributed by atoms with Crippen LogP contribution in [-0.4, -0.2) is 53.8 Å². The Morgan fingerprint density at radius 2 is 1.92 bits per heavy atom. The maximum atomic E-state index is 12.3. The van der Waals surface area contributed by atoms with Crippen LogP contribution in [0.3, 0.4) is 0 Å². The van der Waals surface area contributed by atoms with Crippen LogP contribution in [0.5, 0.6) is 0 Å². The predicted octanol–water partition coefficient (Wildman–Crippen LogP) is -0.356. The zero-order valence-electron chi connectivity index (χ0n) is 14.1. The Morgan fingerprint density at radius 1 is 1.24 bits per heavy atom. The minimum absolute atomic E-state index is 0.283. The van der Waals surface area contributed by atoms with Crippen LogP contribution in [0.1, 0.15) is 24.2 Å². The molecule has 134 valence electrons. The molecule has 0 aromatic heterocycles. The first-order valence-corrected chi connectivity index (χ1v) is 7.77. The van der Waals surface area contributed by atoms with Crippen molar-refractivity contribution in [3.05, 3.63) is 29.8 Å². The zero-order valence-corrected chi connectivity index (χ0v) is 14.1. The molecule has 1 aliphatic heterocycles. The van der Waals surface area contributed by atoms with Crippen molar-refractivity contribution in [2.45, 2.75) is 19.4 Å². The van der Waals surface area contributed by atoms with Crippen molar-refractivity contribution < 1.29 is 19.2 Å². The van der Waals surface area contributed by atoms with Gasteiger partial charge in [0.15, 0.2) is 0 Å². The molecule has 0 saturated carbocycles. The van der Waals surface area contributed by atoms with E-state index < -0.39 is 23.4 Å². The second-order valence-electron chi connectivity index (χ2n) is 6.04. The summed E-state index contributed by atoms with van der Waals surface area (Å²) in [5.74, 6) is -1.35. The number of hydrogen-bond donors (Lipinski definition) is 4. The summed E-state index contributed by atoms with van der Waals surface area (Å²) in [7, 11) is 0. The van der Waals surface area contributed by atoms with E-state index in [-0.39, 0.29) is 18.0 Å². The standard InChI is InChI=1S/C16H21N5O4/c1-16(2)14(24)20-15(25)21(16)9-12(22)19-11-6-4-3-5-10(11)13(23)18-8-7-17/h3-6H,7-9,17H2,1-2H3,(H,18,23)(H,19,22)(H,20,24,25). The molecule has 1 aromatic rings. The molecule has 9 nitrogen and oxygen atoms in total. The van der Waals surface area contributed by atoms with E-state index in [2.05, 4.69) is 16.0 Å². The lowest BCUT2D eigenvalue weighted by molar-refractivity contribution is -0.126. The number of anilines is 1. The van der Waals surface area contributed by atoms with Crippen molar-refractivity contribution in [1.29, 1.82) is 0 Å². The number of carbonyl (C=O) groups excluding carboxylic acids is 4. The number of carbonyl (C=O) groups is 4. The maximum Gasteiger partial charge on any atom is 0.325 e. The first kappa shape index (κ1) is 18.4. The van der Waals surface area contributed by atoms with Crippen LogP contribution in [0.25, 0.3) is 0 Å². The van der Waals surface area contributed by atoms with E-state index in [9.17, 15) is 19.2 Å². The Hall–Kier alpha value is -2.94. The van der Waals surface area contributed by atoms with E-state index in [0.29, 0.717) is 18.8 Å². The fourth-order valence-corrected chi connectivity index (χ4v) is 2.37. The van der Waals surface area contributed by atoms with Gasteiger partial charge in [0.25, 0.3) is 11.8 Å². The van der Waals surface area contributed by atoms with Gasteiger partial charge in [0.05, 0.1) is 11.3 Å². The molecular formula is C16H21N5O4. The molecule has 1 heterocycles. The molecule has 0 unspecified atom stereocenters. The Morgan fingerprint density at radius 3 is 2.52 bits per heavy atom. The van der Waals surface area contributed by atoms with Crippen LogP contribution in [0.2, 0.25) is 0 Å². The first-order chi connectivity index (χ1) is 11.8. The van der Waals surface area contributed by atoms with Crippen LogP contribution >= 0.6 is 0 Å². The molecule has 0 atom stereocenters. The molecule has 1 aliphatic rings. The van der Waals surface area contributed by atoms with Crippen LogP contribution < -0.4 is 21.7 Å². The molecule has 0 aliphatic carbocycles. The molecule has 1 fully saturated rings. The number of urea groups is 1. The smallest absolute Gasteiger partial charge is 0.325 e. The molecule has 0 bridgehead atoms. The molecule has 0 spiro atoms. The van der Waals surface area contributed by atoms with Gasteiger partial charge in [-0.3, -0.25) is 19.7 Å². The number of rotatable bonds is 6. The van der Waals surface area contributed by atoms with Crippen molar-refractivity contribution in [3.63, 3.8) is 0 Å². The van der Waals surface area contributed by atoms with E-state index in [4.69, 9.17) is 5.73 Å². The Bertz CT molecular complexity index is 716. The Balaban J connectivity index is 2.10. The fraction of sp³-hybridized carbons (Fsp3) is 0.375. The largest absolute Gasteiger partial charge is 0.351 e. The van der Waals surface area contributed by atoms with Gasteiger partial charge in [-0.2, -0.15) is 0 Å². The molecule has 2 rings (SSSR count). The summed E-state index contributed by atoms with van der Waals surface area (Å²) in [6.07, 6.45) is 0. The third-order valence-corrected chi connectivity index (χ3v) is 3.87. The predicted molar refractivity (Wildman–Crippen MR) is 90.8 cm³/mol. The van der Waals surface area contributed by atoms with E-state index in [1.54, 1.807) is 38.1 Å². The van der Waals surface area contributed by atoms with Gasteiger partial charge in [0.2, 0.25) is 5.91 Å². The average molecular weight is 347 g/mol. The summed E-state index contributed by atoms with van der Waals surface area (Å²) in [6, 6.07) is 5.86. The number of nitrogens with two attached hydrogens (primary N) is 1. The van der Waals surface area contributed by atoms with Crippen molar-refractivity contribution in [1.82, 2.24) is 15.5 Å². The molecule has 1 aromatic carbocycles. The van der Waals surface area contributed by atoms with Crippen LogP contribution in [-0.2, 0) is 9.59 Å². The molecule has 9 heteroatoms. The molecule has 5 amide bonds. The number of benzene rings is 1. The Kier molecular flexibility index (Phi) is 5.38. The van der Waals surface area contributed by atoms with E-state index in [1.165, 1.54) is 0 Å². The van der Waals surface area contributed by atoms with Crippen molar-refractivity contribution in [2.75, 3.05) is 25.0 Å². The molecular weight excluding hydrogens is 326 g/mol. The number of imide groups is 1. The lowest BCUT2D eigenvalue weighted by Gasteiger charge is -2.27. The average Bonchev–Trinajstić information content (AvgIpc) is 2.75. The van der Waals surface area contributed by atoms with Crippen LogP contribution in [0.15, 0.2) is 24.3 Å². The van der Waals surface area contributed by atoms with Gasteiger partial charge in [-0.05, 0) is 26.0 Å². The van der Waals surface area contributed by atoms with Gasteiger partial charge in [0.1, 0.15) is 12.1 Å². The van der Waals surface area contributed by atoms with Gasteiger partial charge in [-0.25, -0.2) is 4.79 Å². The number of hydrogen-bond acceptors (Lipinski definition) is 5. The summed E-state index contributed by atoms with van der Waals surface area (Å²) < 4.78 is 0. The van der Waals surface area contributed by atoms with Gasteiger partial charge >= 0.3 is 6.03 Å². The second kappa shape index (κ2) is 7.31. The number of amides is 5. The lowest BCUT2D eigenvalue weighted by Crippen LogP contribution is -2.47. The zero-order chi connectivity index (χ0) is 18.6. The summed E-state index contributed by atoms with van der Waals surface area (Å²) >= 11 is 0. The van der Waals surface area contributed by atoms with Gasteiger partial charge in [0, 0.05) is 13.1 Å². The topological polar surface area (TPSA) is 134 Å². The number of nitrogens with one attached hydrogen (secondary N) is 3. The highest BCUT2D eigenvalue weighted by Gasteiger charge is 2.46. The minimum Gasteiger partial charge on any atom is -0.351 e. The first-order valence-electron chi connectivity index (χ1n) is 7.77. The summed E-state index contributed by atoms with van der Waals surface area (Å²) in [5, 5.41) is 7.40. The second-order valence-corrected chi connectivity index (χ2v) is 6.04. The normalized spacial score (nSPS) is 15.7. The summed E-state index contributed by atoms with van der Waals surface area (Å²) in [6.45, 7) is 3.39. The van der Waals surface area contributed by atoms with Gasteiger partial charge < -0.3 is 21.3 Å².